The van der Waals surface area contributed by atoms with E-state index in [-0.39, 0.29) is 0 Å². The SMILES string of the molecule is COc1nc(N2CCC3(CCOCC3)C2)ccc1Nc1ncc(Cl)c(Nc2ccccc2P(C)(C)=O)n1. The first-order chi connectivity index (χ1) is 17.8. The molecular weight excluding hydrogens is 511 g/mol. The fraction of sp³-hybridized carbons (Fsp3) is 0.423. The zero-order chi connectivity index (χ0) is 26.0. The monoisotopic (exact) mass is 542 g/mol. The predicted molar refractivity (Wildman–Crippen MR) is 149 cm³/mol. The number of aromatic nitrogens is 3. The zero-order valence-corrected chi connectivity index (χ0v) is 23.0. The molecule has 11 heteroatoms. The van der Waals surface area contributed by atoms with Crippen LogP contribution in [0.15, 0.2) is 42.6 Å². The molecular formula is C26H32ClN6O3P. The largest absolute Gasteiger partial charge is 0.479 e. The number of anilines is 5. The lowest BCUT2D eigenvalue weighted by atomic mass is 9.80. The average molecular weight is 543 g/mol. The van der Waals surface area contributed by atoms with Crippen molar-refractivity contribution in [2.24, 2.45) is 5.41 Å². The van der Waals surface area contributed by atoms with Gasteiger partial charge in [0.25, 0.3) is 0 Å². The first-order valence-corrected chi connectivity index (χ1v) is 15.3. The second-order valence-corrected chi connectivity index (χ2v) is 13.6. The third-order valence-electron chi connectivity index (χ3n) is 7.08. The fourth-order valence-electron chi connectivity index (χ4n) is 5.01. The minimum absolute atomic E-state index is 0.326. The van der Waals surface area contributed by atoms with Crippen molar-refractivity contribution in [1.82, 2.24) is 15.0 Å². The molecule has 0 amide bonds. The Balaban J connectivity index is 1.35. The third-order valence-corrected chi connectivity index (χ3v) is 8.91. The first kappa shape index (κ1) is 25.8. The van der Waals surface area contributed by atoms with E-state index in [1.165, 1.54) is 6.20 Å². The van der Waals surface area contributed by atoms with Gasteiger partial charge in [0, 0.05) is 31.6 Å². The number of pyridine rings is 1. The van der Waals surface area contributed by atoms with Crippen molar-refractivity contribution >= 4 is 53.0 Å². The van der Waals surface area contributed by atoms with Gasteiger partial charge < -0.3 is 29.6 Å². The maximum Gasteiger partial charge on any atom is 0.239 e. The molecule has 2 aliphatic rings. The van der Waals surface area contributed by atoms with Crippen molar-refractivity contribution in [1.29, 1.82) is 0 Å². The van der Waals surface area contributed by atoms with Crippen LogP contribution in [0.1, 0.15) is 19.3 Å². The summed E-state index contributed by atoms with van der Waals surface area (Å²) in [5.41, 5.74) is 1.66. The summed E-state index contributed by atoms with van der Waals surface area (Å²) in [5, 5.41) is 7.49. The lowest BCUT2D eigenvalue weighted by Crippen LogP contribution is -2.33. The number of ether oxygens (including phenoxy) is 2. The summed E-state index contributed by atoms with van der Waals surface area (Å²) >= 11 is 6.39. The summed E-state index contributed by atoms with van der Waals surface area (Å²) in [7, 11) is -0.911. The Labute approximate surface area is 222 Å². The van der Waals surface area contributed by atoms with Crippen LogP contribution in [0.25, 0.3) is 0 Å². The number of hydrogen-bond donors (Lipinski definition) is 2. The molecule has 0 atom stereocenters. The quantitative estimate of drug-likeness (QED) is 0.386. The number of halogens is 1. The summed E-state index contributed by atoms with van der Waals surface area (Å²) in [4.78, 5) is 16.0. The summed E-state index contributed by atoms with van der Waals surface area (Å²) in [5.74, 6) is 2.09. The smallest absolute Gasteiger partial charge is 0.239 e. The number of rotatable bonds is 7. The van der Waals surface area contributed by atoms with Gasteiger partial charge in [-0.1, -0.05) is 23.7 Å². The van der Waals surface area contributed by atoms with E-state index in [1.54, 1.807) is 20.4 Å². The van der Waals surface area contributed by atoms with Gasteiger partial charge in [0.2, 0.25) is 11.8 Å². The van der Waals surface area contributed by atoms with Gasteiger partial charge in [0.1, 0.15) is 23.7 Å². The molecule has 2 saturated heterocycles. The molecule has 2 aliphatic heterocycles. The van der Waals surface area contributed by atoms with Crippen LogP contribution in [0.2, 0.25) is 5.02 Å². The Kier molecular flexibility index (Phi) is 7.30. The lowest BCUT2D eigenvalue weighted by Gasteiger charge is -2.33. The molecule has 0 saturated carbocycles. The van der Waals surface area contributed by atoms with Crippen LogP contribution in [0, 0.1) is 5.41 Å². The maximum absolute atomic E-state index is 12.8. The molecule has 0 radical (unpaired) electrons. The summed E-state index contributed by atoms with van der Waals surface area (Å²) in [6.07, 6.45) is 4.88. The van der Waals surface area contributed by atoms with Crippen LogP contribution >= 0.6 is 18.7 Å². The Morgan fingerprint density at radius 3 is 2.59 bits per heavy atom. The van der Waals surface area contributed by atoms with Crippen molar-refractivity contribution < 1.29 is 14.0 Å². The highest BCUT2D eigenvalue weighted by Crippen LogP contribution is 2.42. The van der Waals surface area contributed by atoms with Gasteiger partial charge in [-0.3, -0.25) is 0 Å². The van der Waals surface area contributed by atoms with Crippen molar-refractivity contribution in [3.63, 3.8) is 0 Å². The number of benzene rings is 1. The normalized spacial score (nSPS) is 17.1. The Morgan fingerprint density at radius 1 is 1.05 bits per heavy atom. The van der Waals surface area contributed by atoms with E-state index >= 15 is 0 Å². The van der Waals surface area contributed by atoms with Crippen LogP contribution in [0.5, 0.6) is 5.88 Å². The minimum atomic E-state index is -2.51. The van der Waals surface area contributed by atoms with Gasteiger partial charge in [0.05, 0.1) is 19.0 Å². The molecule has 5 rings (SSSR count). The van der Waals surface area contributed by atoms with Crippen LogP contribution in [-0.2, 0) is 9.30 Å². The predicted octanol–water partition coefficient (Wildman–Crippen LogP) is 5.28. The van der Waals surface area contributed by atoms with Gasteiger partial charge in [-0.2, -0.15) is 9.97 Å². The molecule has 37 heavy (non-hydrogen) atoms. The molecule has 9 nitrogen and oxygen atoms in total. The lowest BCUT2D eigenvalue weighted by molar-refractivity contribution is 0.0254. The summed E-state index contributed by atoms with van der Waals surface area (Å²) in [6, 6.07) is 11.4. The molecule has 0 unspecified atom stereocenters. The molecule has 196 valence electrons. The number of methoxy groups -OCH3 is 1. The molecule has 1 spiro atoms. The topological polar surface area (TPSA) is 102 Å². The molecule has 0 bridgehead atoms. The molecule has 3 aromatic rings. The van der Waals surface area contributed by atoms with E-state index in [4.69, 9.17) is 26.1 Å². The fourth-order valence-corrected chi connectivity index (χ4v) is 6.31. The molecule has 0 aliphatic carbocycles. The third kappa shape index (κ3) is 5.69. The minimum Gasteiger partial charge on any atom is -0.479 e. The Hall–Kier alpha value is -2.87. The summed E-state index contributed by atoms with van der Waals surface area (Å²) in [6.45, 7) is 7.11. The van der Waals surface area contributed by atoms with Gasteiger partial charge >= 0.3 is 0 Å². The second kappa shape index (κ2) is 10.5. The molecule has 2 aromatic heterocycles. The second-order valence-electron chi connectivity index (χ2n) is 10.0. The van der Waals surface area contributed by atoms with Gasteiger partial charge in [0.15, 0.2) is 5.82 Å². The van der Waals surface area contributed by atoms with Crippen molar-refractivity contribution in [2.75, 3.05) is 62.3 Å². The Morgan fingerprint density at radius 2 is 1.84 bits per heavy atom. The average Bonchev–Trinajstić information content (AvgIpc) is 3.29. The molecule has 2 fully saturated rings. The van der Waals surface area contributed by atoms with E-state index in [0.717, 1.165) is 56.7 Å². The zero-order valence-electron chi connectivity index (χ0n) is 21.3. The molecule has 1 aromatic carbocycles. The van der Waals surface area contributed by atoms with E-state index in [9.17, 15) is 4.57 Å². The highest BCUT2D eigenvalue weighted by molar-refractivity contribution is 7.70. The van der Waals surface area contributed by atoms with Gasteiger partial charge in [-0.25, -0.2) is 4.98 Å². The van der Waals surface area contributed by atoms with E-state index in [0.29, 0.717) is 39.5 Å². The van der Waals surface area contributed by atoms with Crippen LogP contribution < -0.4 is 25.6 Å². The molecule has 2 N–H and O–H groups in total. The van der Waals surface area contributed by atoms with E-state index in [2.05, 4.69) is 25.5 Å². The number of nitrogens with one attached hydrogen (secondary N) is 2. The number of hydrogen-bond acceptors (Lipinski definition) is 9. The number of nitrogens with zero attached hydrogens (tertiary/aromatic N) is 4. The Bertz CT molecular complexity index is 1330. The highest BCUT2D eigenvalue weighted by atomic mass is 35.5. The van der Waals surface area contributed by atoms with Crippen LogP contribution in [0.3, 0.4) is 0 Å². The molecule has 4 heterocycles. The van der Waals surface area contributed by atoms with E-state index < -0.39 is 7.14 Å². The standard InChI is InChI=1S/C26H32ClN6O3P/c1-35-24-20(8-9-22(31-24)33-13-10-26(17-33)11-14-36-15-12-26)30-25-28-16-18(27)23(32-25)29-19-6-4-5-7-21(19)37(2,3)34/h4-9,16H,10-15,17H2,1-3H3,(H2,28,29,30,32). The van der Waals surface area contributed by atoms with Crippen LogP contribution in [0.4, 0.5) is 29.0 Å². The maximum atomic E-state index is 12.8. The first-order valence-electron chi connectivity index (χ1n) is 12.4. The number of para-hydroxylation sites is 1. The van der Waals surface area contributed by atoms with E-state index in [1.807, 2.05) is 36.4 Å². The van der Waals surface area contributed by atoms with Crippen molar-refractivity contribution in [3.05, 3.63) is 47.6 Å². The highest BCUT2D eigenvalue weighted by Gasteiger charge is 2.39. The van der Waals surface area contributed by atoms with Crippen molar-refractivity contribution in [2.45, 2.75) is 19.3 Å². The van der Waals surface area contributed by atoms with Crippen LogP contribution in [-0.4, -0.2) is 61.7 Å². The van der Waals surface area contributed by atoms with Gasteiger partial charge in [-0.05, 0) is 62.3 Å². The summed E-state index contributed by atoms with van der Waals surface area (Å²) < 4.78 is 23.9. The van der Waals surface area contributed by atoms with Crippen molar-refractivity contribution in [3.8, 4) is 5.88 Å². The van der Waals surface area contributed by atoms with Gasteiger partial charge in [-0.15, -0.1) is 0 Å².